The maximum absolute atomic E-state index is 11.4. The van der Waals surface area contributed by atoms with Crippen LogP contribution in [0, 0.1) is 0 Å². The lowest BCUT2D eigenvalue weighted by Gasteiger charge is -2.24. The number of rotatable bonds is 5. The summed E-state index contributed by atoms with van der Waals surface area (Å²) in [7, 11) is 0. The molecule has 0 N–H and O–H groups in total. The minimum absolute atomic E-state index is 0.00569. The van der Waals surface area contributed by atoms with E-state index in [1.807, 2.05) is 47.6 Å². The first kappa shape index (κ1) is 21.5. The van der Waals surface area contributed by atoms with Crippen molar-refractivity contribution >= 4 is 11.6 Å². The monoisotopic (exact) mass is 322 g/mol. The number of Topliss-reactive ketones (excluding diaryl/α,β-unsaturated/α-hetero) is 2. The van der Waals surface area contributed by atoms with Crippen molar-refractivity contribution in [2.75, 3.05) is 0 Å². The van der Waals surface area contributed by atoms with Crippen LogP contribution in [0.15, 0.2) is 30.3 Å². The van der Waals surface area contributed by atoms with Gasteiger partial charge in [-0.1, -0.05) is 37.3 Å². The summed E-state index contributed by atoms with van der Waals surface area (Å²) in [6, 6.07) is 8.89. The van der Waals surface area contributed by atoms with Crippen molar-refractivity contribution in [3.05, 3.63) is 35.9 Å². The molecule has 0 unspecified atom stereocenters. The van der Waals surface area contributed by atoms with Gasteiger partial charge in [-0.2, -0.15) is 0 Å². The Morgan fingerprint density at radius 3 is 1.65 bits per heavy atom. The summed E-state index contributed by atoms with van der Waals surface area (Å²) >= 11 is 0. The average Bonchev–Trinajstić information content (AvgIpc) is 2.45. The molecule has 0 atom stereocenters. The standard InChI is InChI=1S/C11H12O2.C8H18O2/c1-2-10(12)8-11(13)9-6-4-3-5-7-9;1-7(2,3)9-10-8(4,5)6/h3-7H,2,8H2,1H3;1-6H3. The second kappa shape index (κ2) is 9.58. The molecule has 1 aromatic carbocycles. The summed E-state index contributed by atoms with van der Waals surface area (Å²) in [5, 5.41) is 0. The van der Waals surface area contributed by atoms with Crippen LogP contribution in [0.3, 0.4) is 0 Å². The van der Waals surface area contributed by atoms with Crippen molar-refractivity contribution in [1.29, 1.82) is 0 Å². The molecule has 0 aromatic heterocycles. The summed E-state index contributed by atoms with van der Waals surface area (Å²) in [4.78, 5) is 32.6. The van der Waals surface area contributed by atoms with E-state index in [0.717, 1.165) is 0 Å². The van der Waals surface area contributed by atoms with E-state index >= 15 is 0 Å². The Morgan fingerprint density at radius 1 is 0.870 bits per heavy atom. The van der Waals surface area contributed by atoms with Gasteiger partial charge in [-0.25, -0.2) is 9.78 Å². The SMILES string of the molecule is CC(C)(C)OOC(C)(C)C.CCC(=O)CC(=O)c1ccccc1. The molecule has 4 nitrogen and oxygen atoms in total. The fourth-order valence-electron chi connectivity index (χ4n) is 1.28. The molecule has 0 aliphatic heterocycles. The molecule has 0 amide bonds. The minimum atomic E-state index is -0.215. The Labute approximate surface area is 140 Å². The summed E-state index contributed by atoms with van der Waals surface area (Å²) in [6.45, 7) is 13.5. The lowest BCUT2D eigenvalue weighted by Crippen LogP contribution is -2.27. The number of hydrogen-bond acceptors (Lipinski definition) is 4. The normalized spacial score (nSPS) is 11.4. The summed E-state index contributed by atoms with van der Waals surface area (Å²) in [5.74, 6) is -0.0960. The number of carbonyl (C=O) groups excluding carboxylic acids is 2. The highest BCUT2D eigenvalue weighted by Crippen LogP contribution is 2.14. The van der Waals surface area contributed by atoms with Crippen LogP contribution >= 0.6 is 0 Å². The van der Waals surface area contributed by atoms with Crippen LogP contribution in [0.25, 0.3) is 0 Å². The first-order chi connectivity index (χ1) is 10.4. The molecule has 1 aromatic rings. The van der Waals surface area contributed by atoms with Gasteiger partial charge < -0.3 is 0 Å². The topological polar surface area (TPSA) is 52.6 Å². The van der Waals surface area contributed by atoms with Crippen LogP contribution in [0.4, 0.5) is 0 Å². The van der Waals surface area contributed by atoms with E-state index in [1.165, 1.54) is 0 Å². The fourth-order valence-corrected chi connectivity index (χ4v) is 1.28. The Morgan fingerprint density at radius 2 is 1.30 bits per heavy atom. The Bertz CT molecular complexity index is 464. The van der Waals surface area contributed by atoms with Gasteiger partial charge in [0.25, 0.3) is 0 Å². The van der Waals surface area contributed by atoms with Gasteiger partial charge in [-0.15, -0.1) is 0 Å². The Hall–Kier alpha value is -1.52. The van der Waals surface area contributed by atoms with Gasteiger partial charge in [0, 0.05) is 12.0 Å². The third-order valence-corrected chi connectivity index (χ3v) is 2.39. The van der Waals surface area contributed by atoms with Gasteiger partial charge in [-0.3, -0.25) is 9.59 Å². The van der Waals surface area contributed by atoms with E-state index in [0.29, 0.717) is 12.0 Å². The van der Waals surface area contributed by atoms with Gasteiger partial charge in [-0.05, 0) is 41.5 Å². The lowest BCUT2D eigenvalue weighted by atomic mass is 10.1. The number of benzene rings is 1. The molecule has 130 valence electrons. The van der Waals surface area contributed by atoms with E-state index in [-0.39, 0.29) is 29.2 Å². The molecule has 1 rings (SSSR count). The first-order valence-corrected chi connectivity index (χ1v) is 7.91. The van der Waals surface area contributed by atoms with Crippen LogP contribution in [0.2, 0.25) is 0 Å². The molecule has 4 heteroatoms. The van der Waals surface area contributed by atoms with Gasteiger partial charge in [0.15, 0.2) is 5.78 Å². The highest BCUT2D eigenvalue weighted by molar-refractivity contribution is 6.07. The molecular formula is C19H30O4. The maximum Gasteiger partial charge on any atom is 0.170 e. The van der Waals surface area contributed by atoms with Crippen molar-refractivity contribution in [2.24, 2.45) is 0 Å². The smallest absolute Gasteiger partial charge is 0.170 e. The molecule has 0 radical (unpaired) electrons. The predicted molar refractivity (Wildman–Crippen MR) is 92.4 cm³/mol. The maximum atomic E-state index is 11.4. The zero-order valence-electron chi connectivity index (χ0n) is 15.4. The predicted octanol–water partition coefficient (Wildman–Crippen LogP) is 4.77. The van der Waals surface area contributed by atoms with Gasteiger partial charge >= 0.3 is 0 Å². The largest absolute Gasteiger partial charge is 0.299 e. The van der Waals surface area contributed by atoms with Crippen LogP contribution in [0.1, 0.15) is 71.7 Å². The van der Waals surface area contributed by atoms with Gasteiger partial charge in [0.1, 0.15) is 5.78 Å². The molecule has 0 heterocycles. The van der Waals surface area contributed by atoms with E-state index in [4.69, 9.17) is 9.78 Å². The quantitative estimate of drug-likeness (QED) is 0.339. The van der Waals surface area contributed by atoms with Gasteiger partial charge in [0.2, 0.25) is 0 Å². The molecule has 23 heavy (non-hydrogen) atoms. The number of carbonyl (C=O) groups is 2. The van der Waals surface area contributed by atoms with Crippen LogP contribution in [-0.2, 0) is 14.6 Å². The molecular weight excluding hydrogens is 292 g/mol. The minimum Gasteiger partial charge on any atom is -0.299 e. The highest BCUT2D eigenvalue weighted by atomic mass is 17.2. The van der Waals surface area contributed by atoms with E-state index in [2.05, 4.69) is 0 Å². The van der Waals surface area contributed by atoms with Crippen LogP contribution in [0.5, 0.6) is 0 Å². The van der Waals surface area contributed by atoms with E-state index in [9.17, 15) is 9.59 Å². The van der Waals surface area contributed by atoms with Crippen molar-refractivity contribution in [1.82, 2.24) is 0 Å². The first-order valence-electron chi connectivity index (χ1n) is 7.91. The molecule has 0 saturated carbocycles. The van der Waals surface area contributed by atoms with Crippen molar-refractivity contribution in [3.8, 4) is 0 Å². The summed E-state index contributed by atoms with van der Waals surface area (Å²) in [5.41, 5.74) is 0.185. The molecule has 0 spiro atoms. The number of hydrogen-bond donors (Lipinski definition) is 0. The Balaban J connectivity index is 0.000000438. The molecule has 0 fully saturated rings. The fraction of sp³-hybridized carbons (Fsp3) is 0.579. The van der Waals surface area contributed by atoms with Crippen molar-refractivity contribution in [3.63, 3.8) is 0 Å². The third-order valence-electron chi connectivity index (χ3n) is 2.39. The molecule has 0 saturated heterocycles. The second-order valence-electron chi connectivity index (χ2n) is 7.25. The zero-order chi connectivity index (χ0) is 18.1. The average molecular weight is 322 g/mol. The van der Waals surface area contributed by atoms with Crippen molar-refractivity contribution in [2.45, 2.75) is 72.5 Å². The molecule has 0 aliphatic rings. The summed E-state index contributed by atoms with van der Waals surface area (Å²) < 4.78 is 0. The molecule has 0 bridgehead atoms. The molecule has 0 aliphatic carbocycles. The summed E-state index contributed by atoms with van der Waals surface area (Å²) in [6.07, 6.45) is 0.457. The van der Waals surface area contributed by atoms with E-state index < -0.39 is 0 Å². The van der Waals surface area contributed by atoms with E-state index in [1.54, 1.807) is 31.2 Å². The lowest BCUT2D eigenvalue weighted by molar-refractivity contribution is -0.393. The van der Waals surface area contributed by atoms with Crippen molar-refractivity contribution < 1.29 is 19.4 Å². The number of ketones is 2. The van der Waals surface area contributed by atoms with Crippen LogP contribution < -0.4 is 0 Å². The van der Waals surface area contributed by atoms with Crippen LogP contribution in [-0.4, -0.2) is 22.8 Å². The third kappa shape index (κ3) is 12.7. The Kier molecular flexibility index (Phi) is 8.95. The van der Waals surface area contributed by atoms with Gasteiger partial charge in [0.05, 0.1) is 17.6 Å². The zero-order valence-corrected chi connectivity index (χ0v) is 15.4. The highest BCUT2D eigenvalue weighted by Gasteiger charge is 2.18. The second-order valence-corrected chi connectivity index (χ2v) is 7.25.